The van der Waals surface area contributed by atoms with Crippen molar-refractivity contribution in [3.05, 3.63) is 23.8 Å². The number of urea groups is 1. The van der Waals surface area contributed by atoms with Crippen LogP contribution in [0.5, 0.6) is 5.75 Å². The van der Waals surface area contributed by atoms with Crippen molar-refractivity contribution in [2.45, 2.75) is 52.1 Å². The number of nitrogens with one attached hydrogen (secondary N) is 2. The molecule has 0 saturated heterocycles. The van der Waals surface area contributed by atoms with E-state index in [1.807, 2.05) is 32.0 Å². The zero-order valence-electron chi connectivity index (χ0n) is 15.3. The maximum Gasteiger partial charge on any atom is 0.319 e. The molecule has 2 amide bonds. The monoisotopic (exact) mass is 333 g/mol. The Balaban J connectivity index is 2.00. The van der Waals surface area contributed by atoms with Gasteiger partial charge < -0.3 is 20.2 Å². The van der Waals surface area contributed by atoms with E-state index in [1.54, 1.807) is 7.11 Å². The molecule has 0 bridgehead atoms. The van der Waals surface area contributed by atoms with Gasteiger partial charge in [0.05, 0.1) is 25.1 Å². The topological polar surface area (TPSA) is 72.0 Å². The highest BCUT2D eigenvalue weighted by atomic mass is 16.7. The third kappa shape index (κ3) is 4.63. The summed E-state index contributed by atoms with van der Waals surface area (Å²) in [4.78, 5) is 17.5. The summed E-state index contributed by atoms with van der Waals surface area (Å²) in [7, 11) is 1.59. The number of hydrogen-bond acceptors (Lipinski definition) is 4. The van der Waals surface area contributed by atoms with Gasteiger partial charge >= 0.3 is 6.03 Å². The fourth-order valence-corrected chi connectivity index (χ4v) is 2.46. The summed E-state index contributed by atoms with van der Waals surface area (Å²) in [5, 5.41) is 9.65. The number of methoxy groups -OCH3 is 1. The maximum absolute atomic E-state index is 12.2. The molecule has 2 rings (SSSR count). The van der Waals surface area contributed by atoms with Gasteiger partial charge in [-0.25, -0.2) is 4.79 Å². The zero-order valence-corrected chi connectivity index (χ0v) is 15.3. The minimum Gasteiger partial charge on any atom is -0.495 e. The Morgan fingerprint density at radius 1 is 1.38 bits per heavy atom. The van der Waals surface area contributed by atoms with Crippen molar-refractivity contribution in [3.8, 4) is 5.75 Å². The Morgan fingerprint density at radius 2 is 2.08 bits per heavy atom. The molecule has 0 spiro atoms. The molecule has 0 aliphatic carbocycles. The lowest BCUT2D eigenvalue weighted by Gasteiger charge is -2.21. The van der Waals surface area contributed by atoms with Gasteiger partial charge in [-0.2, -0.15) is 0 Å². The highest BCUT2D eigenvalue weighted by Crippen LogP contribution is 2.31. The molecule has 1 aromatic carbocycles. The Labute approximate surface area is 143 Å². The first-order valence-electron chi connectivity index (χ1n) is 8.08. The zero-order chi connectivity index (χ0) is 18.0. The van der Waals surface area contributed by atoms with Crippen molar-refractivity contribution >= 4 is 17.4 Å². The van der Waals surface area contributed by atoms with Crippen molar-refractivity contribution in [1.82, 2.24) is 5.32 Å². The number of ether oxygens (including phenoxy) is 1. The first-order valence-corrected chi connectivity index (χ1v) is 8.08. The van der Waals surface area contributed by atoms with E-state index in [-0.39, 0.29) is 17.0 Å². The van der Waals surface area contributed by atoms with Crippen LogP contribution in [-0.2, 0) is 10.3 Å². The molecule has 1 aliphatic heterocycles. The van der Waals surface area contributed by atoms with E-state index in [0.29, 0.717) is 24.4 Å². The van der Waals surface area contributed by atoms with Crippen LogP contribution >= 0.6 is 0 Å². The molecule has 6 nitrogen and oxygen atoms in total. The predicted molar refractivity (Wildman–Crippen MR) is 95.9 cm³/mol. The van der Waals surface area contributed by atoms with Crippen LogP contribution in [0.4, 0.5) is 10.5 Å². The summed E-state index contributed by atoms with van der Waals surface area (Å²) in [5.41, 5.74) is 2.28. The number of nitrogens with zero attached hydrogens (tertiary/aromatic N) is 1. The second kappa shape index (κ2) is 6.71. The Morgan fingerprint density at radius 3 is 2.62 bits per heavy atom. The van der Waals surface area contributed by atoms with Crippen LogP contribution in [0.2, 0.25) is 0 Å². The number of rotatable bonds is 4. The molecule has 1 heterocycles. The van der Waals surface area contributed by atoms with E-state index < -0.39 is 0 Å². The molecule has 24 heavy (non-hydrogen) atoms. The van der Waals surface area contributed by atoms with E-state index >= 15 is 0 Å². The van der Waals surface area contributed by atoms with Gasteiger partial charge in [0.2, 0.25) is 0 Å². The summed E-state index contributed by atoms with van der Waals surface area (Å²) in [6.07, 6.45) is 0.704. The van der Waals surface area contributed by atoms with Gasteiger partial charge in [-0.1, -0.05) is 32.0 Å². The van der Waals surface area contributed by atoms with Crippen LogP contribution in [0, 0.1) is 0 Å². The highest BCUT2D eigenvalue weighted by Gasteiger charge is 2.28. The number of amides is 2. The summed E-state index contributed by atoms with van der Waals surface area (Å²) < 4.78 is 5.33. The first kappa shape index (κ1) is 18.1. The molecule has 0 unspecified atom stereocenters. The Bertz CT molecular complexity index is 645. The average molecular weight is 333 g/mol. The smallest absolute Gasteiger partial charge is 0.319 e. The van der Waals surface area contributed by atoms with Crippen molar-refractivity contribution < 1.29 is 14.4 Å². The predicted octanol–water partition coefficient (Wildman–Crippen LogP) is 3.67. The second-order valence-electron chi connectivity index (χ2n) is 7.66. The van der Waals surface area contributed by atoms with Crippen molar-refractivity contribution in [2.24, 2.45) is 5.16 Å². The number of carbonyl (C=O) groups is 1. The van der Waals surface area contributed by atoms with Gasteiger partial charge in [0.15, 0.2) is 0 Å². The van der Waals surface area contributed by atoms with Gasteiger partial charge in [0.1, 0.15) is 11.4 Å². The van der Waals surface area contributed by atoms with E-state index in [9.17, 15) is 4.79 Å². The lowest BCUT2D eigenvalue weighted by Crippen LogP contribution is -2.34. The third-order valence-electron chi connectivity index (χ3n) is 3.82. The fraction of sp³-hybridized carbons (Fsp3) is 0.556. The number of anilines is 1. The summed E-state index contributed by atoms with van der Waals surface area (Å²) >= 11 is 0. The lowest BCUT2D eigenvalue weighted by atomic mass is 9.87. The summed E-state index contributed by atoms with van der Waals surface area (Å²) in [6, 6.07) is 5.52. The number of hydrogen-bond donors (Lipinski definition) is 2. The van der Waals surface area contributed by atoms with E-state index in [1.165, 1.54) is 0 Å². The highest BCUT2D eigenvalue weighted by molar-refractivity contribution is 5.95. The summed E-state index contributed by atoms with van der Waals surface area (Å²) in [6.45, 7) is 10.7. The van der Waals surface area contributed by atoms with Crippen LogP contribution < -0.4 is 15.4 Å². The van der Waals surface area contributed by atoms with Crippen LogP contribution in [0.3, 0.4) is 0 Å². The van der Waals surface area contributed by atoms with Crippen LogP contribution in [0.1, 0.15) is 46.6 Å². The third-order valence-corrected chi connectivity index (χ3v) is 3.82. The quantitative estimate of drug-likeness (QED) is 0.883. The molecule has 1 aromatic rings. The molecule has 0 aromatic heterocycles. The molecule has 132 valence electrons. The van der Waals surface area contributed by atoms with Gasteiger partial charge in [-0.05, 0) is 37.0 Å². The number of benzene rings is 1. The largest absolute Gasteiger partial charge is 0.495 e. The van der Waals surface area contributed by atoms with E-state index in [4.69, 9.17) is 9.57 Å². The van der Waals surface area contributed by atoms with Gasteiger partial charge in [0, 0.05) is 6.42 Å². The molecule has 0 atom stereocenters. The average Bonchev–Trinajstić information content (AvgIpc) is 2.83. The van der Waals surface area contributed by atoms with Crippen LogP contribution in [0.25, 0.3) is 0 Å². The lowest BCUT2D eigenvalue weighted by molar-refractivity contribution is 0.0123. The Hall–Kier alpha value is -2.24. The van der Waals surface area contributed by atoms with Crippen molar-refractivity contribution in [1.29, 1.82) is 0 Å². The van der Waals surface area contributed by atoms with Gasteiger partial charge in [0.25, 0.3) is 0 Å². The molecule has 0 saturated carbocycles. The minimum absolute atomic E-state index is 0.0132. The van der Waals surface area contributed by atoms with Gasteiger partial charge in [-0.15, -0.1) is 0 Å². The number of oxime groups is 1. The molecule has 6 heteroatoms. The normalized spacial score (nSPS) is 16.2. The van der Waals surface area contributed by atoms with Crippen molar-refractivity contribution in [3.63, 3.8) is 0 Å². The molecule has 0 fully saturated rings. The minimum atomic E-state index is -0.299. The Kier molecular flexibility index (Phi) is 5.06. The molecule has 0 radical (unpaired) electrons. The second-order valence-corrected chi connectivity index (χ2v) is 7.66. The molecule has 1 aliphatic rings. The number of carbonyl (C=O) groups excluding carboxylic acids is 1. The van der Waals surface area contributed by atoms with Crippen molar-refractivity contribution in [2.75, 3.05) is 19.0 Å². The molecular formula is C18H27N3O3. The van der Waals surface area contributed by atoms with E-state index in [0.717, 1.165) is 11.3 Å². The van der Waals surface area contributed by atoms with E-state index in [2.05, 4.69) is 36.6 Å². The standard InChI is InChI=1S/C18H27N3O3/c1-17(2,3)12-7-8-15(23-6)14(9-12)20-16(22)19-11-13-10-18(4,5)24-21-13/h7-9H,10-11H2,1-6H3,(H2,19,20,22). The SMILES string of the molecule is COc1ccc(C(C)(C)C)cc1NC(=O)NCC1=NOC(C)(C)C1. The van der Waals surface area contributed by atoms with Crippen LogP contribution in [-0.4, -0.2) is 31.0 Å². The molecule has 2 N–H and O–H groups in total. The van der Waals surface area contributed by atoms with Gasteiger partial charge in [-0.3, -0.25) is 0 Å². The van der Waals surface area contributed by atoms with Crippen LogP contribution in [0.15, 0.2) is 23.4 Å². The molecular weight excluding hydrogens is 306 g/mol. The summed E-state index contributed by atoms with van der Waals surface area (Å²) in [5.74, 6) is 0.626. The first-order chi connectivity index (χ1) is 11.1. The maximum atomic E-state index is 12.2. The fourth-order valence-electron chi connectivity index (χ4n) is 2.46.